The second-order valence-corrected chi connectivity index (χ2v) is 13.8. The van der Waals surface area contributed by atoms with Crippen LogP contribution in [-0.2, 0) is 24.0 Å². The van der Waals surface area contributed by atoms with E-state index in [4.69, 9.17) is 18.9 Å². The van der Waals surface area contributed by atoms with Crippen molar-refractivity contribution in [3.63, 3.8) is 0 Å². The Balaban J connectivity index is 1.25. The zero-order chi connectivity index (χ0) is 34.1. The first-order valence-corrected chi connectivity index (χ1v) is 17.4. The van der Waals surface area contributed by atoms with E-state index in [-0.39, 0.29) is 42.1 Å². The van der Waals surface area contributed by atoms with Gasteiger partial charge in [0, 0.05) is 46.3 Å². The number of fused-ring (bicyclic) bond motifs is 8. The standard InChI is InChI=1S/C41H40N2O7/c1-42-20-48-36-18-31-30-17-29-25(21-3-10-32-22(15-21)13-14-43-32)7-8-26-33(45)12-9-27(37(26)29)38(30)41-28(6-5-24(19-44)49-41)40(31)50-39(36)23-4-11-34(46)35(16-23)47-2/h3-4,7-16,24-25,29,36,39,42-46H,5-6,17-20H2,1-2H3. The lowest BCUT2D eigenvalue weighted by atomic mass is 9.65. The summed E-state index contributed by atoms with van der Waals surface area (Å²) in [5, 5.41) is 36.1. The maximum Gasteiger partial charge on any atom is 0.160 e. The zero-order valence-corrected chi connectivity index (χ0v) is 28.0. The molecule has 2 aliphatic heterocycles. The lowest BCUT2D eigenvalue weighted by molar-refractivity contribution is -0.0436. The Morgan fingerprint density at radius 2 is 1.78 bits per heavy atom. The van der Waals surface area contributed by atoms with E-state index in [0.717, 1.165) is 61.5 Å². The molecule has 0 spiro atoms. The van der Waals surface area contributed by atoms with Crippen molar-refractivity contribution in [2.24, 2.45) is 0 Å². The summed E-state index contributed by atoms with van der Waals surface area (Å²) in [7, 11) is 3.39. The highest BCUT2D eigenvalue weighted by Gasteiger charge is 2.44. The maximum absolute atomic E-state index is 11.2. The molecular formula is C41H40N2O7. The number of aromatic nitrogens is 1. The van der Waals surface area contributed by atoms with Crippen LogP contribution in [0.25, 0.3) is 28.1 Å². The number of benzene rings is 4. The monoisotopic (exact) mass is 672 g/mol. The van der Waals surface area contributed by atoms with E-state index in [9.17, 15) is 15.3 Å². The van der Waals surface area contributed by atoms with E-state index >= 15 is 0 Å². The van der Waals surface area contributed by atoms with Gasteiger partial charge in [0.15, 0.2) is 17.6 Å². The van der Waals surface area contributed by atoms with Gasteiger partial charge in [0.05, 0.1) is 20.4 Å². The minimum Gasteiger partial charge on any atom is -0.507 e. The van der Waals surface area contributed by atoms with E-state index in [1.165, 1.54) is 18.1 Å². The lowest BCUT2D eigenvalue weighted by Gasteiger charge is -2.43. The molecule has 256 valence electrons. The van der Waals surface area contributed by atoms with Gasteiger partial charge in [-0.15, -0.1) is 0 Å². The first-order chi connectivity index (χ1) is 24.5. The fraction of sp³-hybridized carbons (Fsp3) is 0.317. The highest BCUT2D eigenvalue weighted by atomic mass is 16.6. The molecule has 0 radical (unpaired) electrons. The summed E-state index contributed by atoms with van der Waals surface area (Å²) in [4.78, 5) is 3.31. The fourth-order valence-electron chi connectivity index (χ4n) is 8.75. The van der Waals surface area contributed by atoms with E-state index in [1.807, 2.05) is 31.4 Å². The summed E-state index contributed by atoms with van der Waals surface area (Å²) in [5.74, 6) is 2.40. The first kappa shape index (κ1) is 31.1. The number of aromatic amines is 1. The minimum absolute atomic E-state index is 0.0520. The third-order valence-corrected chi connectivity index (χ3v) is 11.1. The smallest absolute Gasteiger partial charge is 0.160 e. The van der Waals surface area contributed by atoms with Gasteiger partial charge in [-0.3, -0.25) is 5.32 Å². The summed E-state index contributed by atoms with van der Waals surface area (Å²) in [6.07, 6.45) is 7.81. The van der Waals surface area contributed by atoms with Crippen LogP contribution in [0.15, 0.2) is 66.9 Å². The number of ether oxygens (including phenoxy) is 4. The minimum atomic E-state index is -0.471. The normalized spacial score (nSPS) is 22.9. The lowest BCUT2D eigenvalue weighted by Crippen LogP contribution is -2.37. The van der Waals surface area contributed by atoms with Crippen molar-refractivity contribution in [2.75, 3.05) is 27.5 Å². The van der Waals surface area contributed by atoms with Gasteiger partial charge >= 0.3 is 0 Å². The van der Waals surface area contributed by atoms with E-state index in [2.05, 4.69) is 46.7 Å². The maximum atomic E-state index is 11.2. The number of allylic oxidation sites excluding steroid dienone is 1. The number of hydrogen-bond acceptors (Lipinski definition) is 8. The molecular weight excluding hydrogens is 632 g/mol. The predicted molar refractivity (Wildman–Crippen MR) is 190 cm³/mol. The van der Waals surface area contributed by atoms with Crippen LogP contribution in [0.4, 0.5) is 0 Å². The number of hydrogen-bond donors (Lipinski definition) is 5. The topological polar surface area (TPSA) is 125 Å². The van der Waals surface area contributed by atoms with Crippen molar-refractivity contribution in [2.45, 2.75) is 55.8 Å². The van der Waals surface area contributed by atoms with Crippen molar-refractivity contribution in [1.82, 2.24) is 10.3 Å². The number of phenolic OH excluding ortho intramolecular Hbond substituents is 2. The van der Waals surface area contributed by atoms with Crippen LogP contribution in [0.1, 0.15) is 63.3 Å². The van der Waals surface area contributed by atoms with Crippen LogP contribution < -0.4 is 19.5 Å². The van der Waals surface area contributed by atoms with Crippen LogP contribution in [-0.4, -0.2) is 60.0 Å². The third-order valence-electron chi connectivity index (χ3n) is 11.1. The molecule has 0 fully saturated rings. The molecule has 9 rings (SSSR count). The van der Waals surface area contributed by atoms with Crippen molar-refractivity contribution in [3.05, 3.63) is 106 Å². The van der Waals surface area contributed by atoms with Crippen LogP contribution >= 0.6 is 0 Å². The molecule has 5 N–H and O–H groups in total. The SMILES string of the molecule is CNCOC1Cc2c3c(c4c(c2OC1c1ccc(O)c(OC)c1)CCC(CO)O4)-c1ccc(O)c2c1C(C3)C(c1ccc3[nH]ccc3c1)C=C2. The van der Waals surface area contributed by atoms with Crippen molar-refractivity contribution in [3.8, 4) is 39.9 Å². The van der Waals surface area contributed by atoms with E-state index in [0.29, 0.717) is 38.2 Å². The quantitative estimate of drug-likeness (QED) is 0.122. The molecule has 4 aliphatic rings. The highest BCUT2D eigenvalue weighted by molar-refractivity contribution is 5.89. The average Bonchev–Trinajstić information content (AvgIpc) is 3.63. The Hall–Kier alpha value is -4.96. The molecule has 0 bridgehead atoms. The predicted octanol–water partition coefficient (Wildman–Crippen LogP) is 6.63. The number of H-pyrrole nitrogens is 1. The van der Waals surface area contributed by atoms with Gasteiger partial charge in [-0.25, -0.2) is 0 Å². The van der Waals surface area contributed by atoms with Gasteiger partial charge in [-0.2, -0.15) is 0 Å². The summed E-state index contributed by atoms with van der Waals surface area (Å²) < 4.78 is 25.7. The molecule has 5 unspecified atom stereocenters. The largest absolute Gasteiger partial charge is 0.507 e. The van der Waals surface area contributed by atoms with Gasteiger partial charge in [0.25, 0.3) is 0 Å². The second kappa shape index (κ2) is 12.1. The number of aliphatic hydroxyl groups excluding tert-OH is 1. The molecule has 5 aromatic rings. The molecule has 5 atom stereocenters. The van der Waals surface area contributed by atoms with Gasteiger partial charge in [-0.1, -0.05) is 30.4 Å². The number of nitrogens with one attached hydrogen (secondary N) is 2. The molecule has 3 heterocycles. The Labute approximate surface area is 290 Å². The fourth-order valence-corrected chi connectivity index (χ4v) is 8.75. The van der Waals surface area contributed by atoms with Crippen LogP contribution in [0, 0.1) is 0 Å². The Morgan fingerprint density at radius 1 is 0.920 bits per heavy atom. The second-order valence-electron chi connectivity index (χ2n) is 13.8. The van der Waals surface area contributed by atoms with Crippen LogP contribution in [0.5, 0.6) is 28.7 Å². The third kappa shape index (κ3) is 4.79. The zero-order valence-electron chi connectivity index (χ0n) is 28.0. The number of aliphatic hydroxyl groups is 1. The van der Waals surface area contributed by atoms with Crippen molar-refractivity contribution < 1.29 is 34.3 Å². The van der Waals surface area contributed by atoms with Gasteiger partial charge in [-0.05, 0) is 102 Å². The van der Waals surface area contributed by atoms with E-state index in [1.54, 1.807) is 12.1 Å². The summed E-state index contributed by atoms with van der Waals surface area (Å²) in [5.41, 5.74) is 10.5. The van der Waals surface area contributed by atoms with E-state index < -0.39 is 6.10 Å². The number of rotatable bonds is 7. The molecule has 50 heavy (non-hydrogen) atoms. The van der Waals surface area contributed by atoms with Crippen LogP contribution in [0.3, 0.4) is 0 Å². The molecule has 0 saturated carbocycles. The average molecular weight is 673 g/mol. The Morgan fingerprint density at radius 3 is 2.62 bits per heavy atom. The van der Waals surface area contributed by atoms with Gasteiger partial charge < -0.3 is 39.3 Å². The Kier molecular flexibility index (Phi) is 7.53. The summed E-state index contributed by atoms with van der Waals surface area (Å²) in [6.45, 7) is 0.261. The molecule has 0 amide bonds. The van der Waals surface area contributed by atoms with Crippen molar-refractivity contribution >= 4 is 17.0 Å². The Bertz CT molecular complexity index is 2170. The number of methoxy groups -OCH3 is 1. The molecule has 4 aromatic carbocycles. The van der Waals surface area contributed by atoms with Gasteiger partial charge in [0.1, 0.15) is 29.5 Å². The number of aromatic hydroxyl groups is 2. The summed E-state index contributed by atoms with van der Waals surface area (Å²) in [6, 6.07) is 17.8. The first-order valence-electron chi connectivity index (χ1n) is 17.4. The molecule has 2 aliphatic carbocycles. The van der Waals surface area contributed by atoms with Gasteiger partial charge in [0.2, 0.25) is 0 Å². The van der Waals surface area contributed by atoms with Crippen LogP contribution in [0.2, 0.25) is 0 Å². The highest BCUT2D eigenvalue weighted by Crippen LogP contribution is 2.59. The molecule has 9 nitrogen and oxygen atoms in total. The molecule has 0 saturated heterocycles. The number of phenols is 2. The van der Waals surface area contributed by atoms with Crippen molar-refractivity contribution in [1.29, 1.82) is 0 Å². The molecule has 1 aromatic heterocycles. The summed E-state index contributed by atoms with van der Waals surface area (Å²) >= 11 is 0. The molecule has 9 heteroatoms.